The monoisotopic (exact) mass is 284 g/mol. The summed E-state index contributed by atoms with van der Waals surface area (Å²) in [5.74, 6) is -0.168. The Labute approximate surface area is 95.4 Å². The van der Waals surface area contributed by atoms with E-state index in [2.05, 4.69) is 13.5 Å². The summed E-state index contributed by atoms with van der Waals surface area (Å²) in [6.45, 7) is 2.79. The fourth-order valence-electron chi connectivity index (χ4n) is 17.8. The molecular weight excluding hydrogens is 268 g/mol. The Morgan fingerprint density at radius 3 is 1.94 bits per heavy atom. The number of carbonyl (C=O) groups is 1. The molecule has 96 valence electrons. The first-order chi connectivity index (χ1) is 8.42. The Morgan fingerprint density at radius 1 is 1.17 bits per heavy atom. The van der Waals surface area contributed by atoms with Crippen molar-refractivity contribution < 1.29 is 16.0 Å². The van der Waals surface area contributed by atoms with Gasteiger partial charge in [-0.3, -0.25) is 0 Å². The van der Waals surface area contributed by atoms with Crippen LogP contribution in [0.5, 0.6) is 0 Å². The second-order valence-corrected chi connectivity index (χ2v) is 34.6. The van der Waals surface area contributed by atoms with Crippen LogP contribution in [0.25, 0.3) is 0 Å². The van der Waals surface area contributed by atoms with Crippen molar-refractivity contribution in [1.29, 1.82) is 0 Å². The predicted molar refractivity (Wildman–Crippen MR) is 62.2 cm³/mol. The Kier molecular flexibility index (Phi) is 0.217. The molecule has 1 spiro atoms. The van der Waals surface area contributed by atoms with Gasteiger partial charge in [0.25, 0.3) is 0 Å². The van der Waals surface area contributed by atoms with Gasteiger partial charge in [0.05, 0.1) is 0 Å². The van der Waals surface area contributed by atoms with E-state index in [9.17, 15) is 4.79 Å². The van der Waals surface area contributed by atoms with Crippen LogP contribution >= 0.6 is 0 Å². The van der Waals surface area contributed by atoms with Crippen LogP contribution in [0.3, 0.4) is 0 Å². The minimum absolute atomic E-state index is 0.168. The van der Waals surface area contributed by atoms with Gasteiger partial charge in [-0.05, 0) is 0 Å². The molecule has 0 saturated carbocycles. The molecule has 0 aromatic rings. The number of hydrogen-bond acceptors (Lipinski definition) is 2. The molecule has 18 heavy (non-hydrogen) atoms. The summed E-state index contributed by atoms with van der Waals surface area (Å²) in [5, 5.41) is 0. The molecule has 10 aliphatic heterocycles. The number of rotatable bonds is 3. The average Bonchev–Trinajstić information content (AvgIpc) is 3.29. The van der Waals surface area contributed by atoms with E-state index in [1.807, 2.05) is 0 Å². The molecule has 0 amide bonds. The van der Waals surface area contributed by atoms with Gasteiger partial charge in [-0.2, -0.15) is 0 Å². The van der Waals surface area contributed by atoms with Crippen LogP contribution in [-0.2, 0) is 16.0 Å². The molecule has 3 heteroatoms. The number of ether oxygens (including phenoxy) is 1. The Bertz CT molecular complexity index is 957. The molecule has 0 aromatic heterocycles. The Hall–Kier alpha value is -0.271. The van der Waals surface area contributed by atoms with Crippen molar-refractivity contribution in [3.05, 3.63) is 12.7 Å². The Morgan fingerprint density at radius 2 is 1.67 bits per heavy atom. The van der Waals surface area contributed by atoms with Crippen molar-refractivity contribution in [3.63, 3.8) is 0 Å². The zero-order chi connectivity index (χ0) is 11.6. The van der Waals surface area contributed by atoms with Gasteiger partial charge in [-0.25, -0.2) is 0 Å². The molecule has 10 rings (SSSR count). The van der Waals surface area contributed by atoms with Crippen molar-refractivity contribution in [2.24, 2.45) is 0 Å². The quantitative estimate of drug-likeness (QED) is 0.447. The number of esters is 1. The SMILES string of the molecule is C=CC(=O)OC(C)[C]12[CH]3[CH]4[CH]5[CH]1[Fe]45321678[CH]2[CH]1[CH]6[CH]7[CH]28. The normalized spacial score (nSPS) is 114. The van der Waals surface area contributed by atoms with E-state index in [0.29, 0.717) is 4.31 Å². The minimum atomic E-state index is -3.03. The van der Waals surface area contributed by atoms with Gasteiger partial charge in [0.1, 0.15) is 0 Å². The third-order valence-electron chi connectivity index (χ3n) is 15.9. The van der Waals surface area contributed by atoms with Gasteiger partial charge >= 0.3 is 95.4 Å². The molecule has 0 aromatic carbocycles. The summed E-state index contributed by atoms with van der Waals surface area (Å²) in [4.78, 5) is 23.3. The molecule has 2 nitrogen and oxygen atoms in total. The summed E-state index contributed by atoms with van der Waals surface area (Å²) in [6.07, 6.45) is 1.62. The fraction of sp³-hybridized carbons (Fsp3) is 0.800. The van der Waals surface area contributed by atoms with E-state index in [1.54, 1.807) is 0 Å². The molecule has 0 radical (unpaired) electrons. The van der Waals surface area contributed by atoms with Gasteiger partial charge in [0, 0.05) is 0 Å². The van der Waals surface area contributed by atoms with Crippen LogP contribution in [0.4, 0.5) is 0 Å². The third-order valence-corrected chi connectivity index (χ3v) is 58.6. The standard InChI is InChI=1S/C10H11O2.C5H5.Fe/c1-3-10(11)12-8(2)9-6-4-5-7-9;1-2-4-5-3-1;/h3-8H,1H2,2H3;1-5H;. The fourth-order valence-corrected chi connectivity index (χ4v) is 93.3. The number of carbonyl (C=O) groups excluding carboxylic acids is 1. The van der Waals surface area contributed by atoms with E-state index < -0.39 is 6.51 Å². The van der Waals surface area contributed by atoms with Crippen LogP contribution in [0.15, 0.2) is 12.7 Å². The summed E-state index contributed by atoms with van der Waals surface area (Å²) >= 11 is 0. The maximum atomic E-state index is 11.6. The molecular formula is C15H16FeO2. The molecule has 10 fully saturated rings. The van der Waals surface area contributed by atoms with Gasteiger partial charge in [-0.1, -0.05) is 0 Å². The number of fused-ring (bicyclic) bond motifs is 10. The van der Waals surface area contributed by atoms with Crippen LogP contribution in [0.2, 0.25) is 47.7 Å². The van der Waals surface area contributed by atoms with Crippen LogP contribution in [0.1, 0.15) is 6.92 Å². The van der Waals surface area contributed by atoms with Gasteiger partial charge in [0.15, 0.2) is 0 Å². The first-order valence-electron chi connectivity index (χ1n) is 7.46. The molecule has 10 saturated heterocycles. The molecule has 10 heterocycles. The van der Waals surface area contributed by atoms with Crippen LogP contribution < -0.4 is 0 Å². The Balaban J connectivity index is 1.42. The van der Waals surface area contributed by atoms with Crippen molar-refractivity contribution in [3.8, 4) is 0 Å². The van der Waals surface area contributed by atoms with E-state index in [1.165, 1.54) is 49.4 Å². The summed E-state index contributed by atoms with van der Waals surface area (Å²) in [6, 6.07) is 0. The van der Waals surface area contributed by atoms with Crippen LogP contribution in [-0.4, -0.2) is 12.1 Å². The van der Waals surface area contributed by atoms with E-state index in [4.69, 9.17) is 4.74 Å². The van der Waals surface area contributed by atoms with Crippen molar-refractivity contribution >= 4 is 5.97 Å². The summed E-state index contributed by atoms with van der Waals surface area (Å²) < 4.78 is 6.50. The van der Waals surface area contributed by atoms with E-state index in [-0.39, 0.29) is 12.1 Å². The first-order valence-corrected chi connectivity index (χ1v) is 13.8. The topological polar surface area (TPSA) is 26.3 Å². The van der Waals surface area contributed by atoms with Crippen molar-refractivity contribution in [2.75, 3.05) is 0 Å². The molecule has 0 N–H and O–H groups in total. The van der Waals surface area contributed by atoms with Gasteiger partial charge in [0.2, 0.25) is 0 Å². The van der Waals surface area contributed by atoms with E-state index >= 15 is 0 Å². The zero-order valence-electron chi connectivity index (χ0n) is 10.2. The van der Waals surface area contributed by atoms with Crippen molar-refractivity contribution in [1.82, 2.24) is 0 Å². The van der Waals surface area contributed by atoms with Gasteiger partial charge in [-0.15, -0.1) is 0 Å². The second-order valence-electron chi connectivity index (χ2n) is 11.0. The molecule has 5 atom stereocenters. The second kappa shape index (κ2) is 0.563. The molecule has 10 aliphatic rings. The summed E-state index contributed by atoms with van der Waals surface area (Å²) in [7, 11) is 0. The average molecular weight is 284 g/mol. The molecule has 0 bridgehead atoms. The van der Waals surface area contributed by atoms with E-state index in [0.717, 1.165) is 0 Å². The molecule has 0 aliphatic carbocycles. The summed E-state index contributed by atoms with van der Waals surface area (Å²) in [5.41, 5.74) is 0. The third kappa shape index (κ3) is 0.0676. The predicted octanol–water partition coefficient (Wildman–Crippen LogP) is 3.86. The van der Waals surface area contributed by atoms with Crippen LogP contribution in [0, 0.1) is 0 Å². The first kappa shape index (κ1) is 6.95. The number of hydrogen-bond donors (Lipinski definition) is 0. The maximum absolute atomic E-state index is 11.6. The van der Waals surface area contributed by atoms with Gasteiger partial charge < -0.3 is 0 Å². The molecule has 5 unspecified atom stereocenters. The zero-order valence-corrected chi connectivity index (χ0v) is 11.3. The van der Waals surface area contributed by atoms with Crippen molar-refractivity contribution in [2.45, 2.75) is 60.7 Å².